The molecule has 7 nitrogen and oxygen atoms in total. The molecule has 0 aliphatic rings. The summed E-state index contributed by atoms with van der Waals surface area (Å²) < 4.78 is 1.78. The van der Waals surface area contributed by atoms with Crippen LogP contribution in [0.25, 0.3) is 0 Å². The van der Waals surface area contributed by atoms with E-state index in [1.54, 1.807) is 11.0 Å². The van der Waals surface area contributed by atoms with Crippen LogP contribution in [0.15, 0.2) is 29.6 Å². The van der Waals surface area contributed by atoms with Gasteiger partial charge in [-0.25, -0.2) is 4.98 Å². The summed E-state index contributed by atoms with van der Waals surface area (Å²) in [7, 11) is 3.90. The molecule has 0 spiro atoms. The maximum atomic E-state index is 4.69. The fourth-order valence-corrected chi connectivity index (χ4v) is 2.16. The summed E-state index contributed by atoms with van der Waals surface area (Å²) in [6, 6.07) is 4.14. The minimum absolute atomic E-state index is 0. The molecule has 0 fully saturated rings. The highest BCUT2D eigenvalue weighted by Crippen LogP contribution is 2.02. The van der Waals surface area contributed by atoms with Crippen LogP contribution in [-0.2, 0) is 20.0 Å². The Morgan fingerprint density at radius 3 is 2.71 bits per heavy atom. The quantitative estimate of drug-likeness (QED) is 0.419. The average Bonchev–Trinajstić information content (AvgIpc) is 2.93. The predicted octanol–water partition coefficient (Wildman–Crippen LogP) is 1.78. The maximum Gasteiger partial charge on any atom is 0.194 e. The molecule has 0 aromatic carbocycles. The molecule has 0 aliphatic carbocycles. The van der Waals surface area contributed by atoms with E-state index in [-0.39, 0.29) is 24.0 Å². The number of pyridine rings is 1. The van der Waals surface area contributed by atoms with Gasteiger partial charge in [0.2, 0.25) is 0 Å². The fourth-order valence-electron chi connectivity index (χ4n) is 2.16. The molecule has 0 atom stereocenters. The van der Waals surface area contributed by atoms with Crippen molar-refractivity contribution < 1.29 is 0 Å². The molecule has 0 aliphatic heterocycles. The van der Waals surface area contributed by atoms with Gasteiger partial charge in [-0.1, -0.05) is 6.07 Å². The van der Waals surface area contributed by atoms with Crippen molar-refractivity contribution in [2.75, 3.05) is 20.1 Å². The summed E-state index contributed by atoms with van der Waals surface area (Å²) in [6.45, 7) is 6.26. The van der Waals surface area contributed by atoms with Crippen LogP contribution in [0, 0.1) is 6.92 Å². The van der Waals surface area contributed by atoms with Gasteiger partial charge in [0.05, 0.1) is 6.54 Å². The third-order valence-electron chi connectivity index (χ3n) is 3.51. The van der Waals surface area contributed by atoms with E-state index in [1.165, 1.54) is 5.56 Å². The summed E-state index contributed by atoms with van der Waals surface area (Å²) in [5.41, 5.74) is 2.24. The zero-order chi connectivity index (χ0) is 16.7. The number of hydrogen-bond acceptors (Lipinski definition) is 4. The number of halogens is 1. The Labute approximate surface area is 160 Å². The van der Waals surface area contributed by atoms with Crippen molar-refractivity contribution in [1.29, 1.82) is 0 Å². The number of aromatic nitrogens is 4. The number of hydrogen-bond donors (Lipinski definition) is 1. The molecule has 0 saturated carbocycles. The summed E-state index contributed by atoms with van der Waals surface area (Å²) in [4.78, 5) is 15.3. The molecule has 8 heteroatoms. The van der Waals surface area contributed by atoms with Gasteiger partial charge >= 0.3 is 0 Å². The lowest BCUT2D eigenvalue weighted by atomic mass is 10.2. The van der Waals surface area contributed by atoms with Crippen molar-refractivity contribution in [3.8, 4) is 0 Å². The highest BCUT2D eigenvalue weighted by molar-refractivity contribution is 14.0. The van der Waals surface area contributed by atoms with E-state index in [0.717, 1.165) is 37.0 Å². The molecule has 0 bridgehead atoms. The molecule has 132 valence electrons. The van der Waals surface area contributed by atoms with Crippen molar-refractivity contribution in [2.24, 2.45) is 12.0 Å². The highest BCUT2D eigenvalue weighted by atomic mass is 127. The van der Waals surface area contributed by atoms with Crippen molar-refractivity contribution in [3.63, 3.8) is 0 Å². The highest BCUT2D eigenvalue weighted by Gasteiger charge is 2.09. The third kappa shape index (κ3) is 6.06. The van der Waals surface area contributed by atoms with Crippen LogP contribution in [0.5, 0.6) is 0 Å². The monoisotopic (exact) mass is 443 g/mol. The molecule has 1 N–H and O–H groups in total. The second kappa shape index (κ2) is 10.2. The Hall–Kier alpha value is -1.71. The van der Waals surface area contributed by atoms with Crippen LogP contribution >= 0.6 is 24.0 Å². The fraction of sp³-hybridized carbons (Fsp3) is 0.500. The Bertz CT molecular complexity index is 636. The van der Waals surface area contributed by atoms with Gasteiger partial charge in [0.15, 0.2) is 5.96 Å². The molecule has 24 heavy (non-hydrogen) atoms. The molecule has 0 amide bonds. The minimum atomic E-state index is 0. The van der Waals surface area contributed by atoms with E-state index >= 15 is 0 Å². The van der Waals surface area contributed by atoms with E-state index in [0.29, 0.717) is 6.54 Å². The molecule has 0 unspecified atom stereocenters. The Kier molecular flexibility index (Phi) is 8.66. The van der Waals surface area contributed by atoms with E-state index in [1.807, 2.05) is 33.3 Å². The zero-order valence-corrected chi connectivity index (χ0v) is 17.1. The molecule has 2 heterocycles. The van der Waals surface area contributed by atoms with E-state index in [9.17, 15) is 0 Å². The van der Waals surface area contributed by atoms with Gasteiger partial charge in [-0.3, -0.25) is 14.7 Å². The second-order valence-corrected chi connectivity index (χ2v) is 5.45. The first-order chi connectivity index (χ1) is 11.1. The van der Waals surface area contributed by atoms with Gasteiger partial charge in [0.1, 0.15) is 12.2 Å². The second-order valence-electron chi connectivity index (χ2n) is 5.45. The first-order valence-electron chi connectivity index (χ1n) is 7.84. The van der Waals surface area contributed by atoms with Crippen molar-refractivity contribution in [2.45, 2.75) is 26.8 Å². The molecule has 2 rings (SSSR count). The number of nitrogens with zero attached hydrogens (tertiary/aromatic N) is 6. The van der Waals surface area contributed by atoms with Crippen molar-refractivity contribution in [3.05, 3.63) is 41.7 Å². The summed E-state index contributed by atoms with van der Waals surface area (Å²) in [6.07, 6.45) is 4.36. The molecule has 2 aromatic heterocycles. The number of aliphatic imine (C=N–C) groups is 1. The third-order valence-corrected chi connectivity index (χ3v) is 3.51. The first-order valence-corrected chi connectivity index (χ1v) is 7.84. The SMILES string of the molecule is CCNC(=NCCc1ccc(C)nc1)N(C)Cc1ncnn1C.I. The van der Waals surface area contributed by atoms with Crippen LogP contribution in [0.1, 0.15) is 24.0 Å². The summed E-state index contributed by atoms with van der Waals surface area (Å²) in [5, 5.41) is 7.41. The van der Waals surface area contributed by atoms with Gasteiger partial charge < -0.3 is 10.2 Å². The molecule has 0 radical (unpaired) electrons. The van der Waals surface area contributed by atoms with Crippen LogP contribution in [0.3, 0.4) is 0 Å². The van der Waals surface area contributed by atoms with Crippen LogP contribution < -0.4 is 5.32 Å². The Morgan fingerprint density at radius 1 is 1.33 bits per heavy atom. The first kappa shape index (κ1) is 20.3. The predicted molar refractivity (Wildman–Crippen MR) is 107 cm³/mol. The summed E-state index contributed by atoms with van der Waals surface area (Å²) in [5.74, 6) is 1.77. The van der Waals surface area contributed by atoms with E-state index < -0.39 is 0 Å². The number of guanidine groups is 1. The van der Waals surface area contributed by atoms with Crippen LogP contribution in [-0.4, -0.2) is 50.7 Å². The largest absolute Gasteiger partial charge is 0.357 e. The maximum absolute atomic E-state index is 4.69. The lowest BCUT2D eigenvalue weighted by Gasteiger charge is -2.21. The average molecular weight is 443 g/mol. The molecule has 0 saturated heterocycles. The smallest absolute Gasteiger partial charge is 0.194 e. The lowest BCUT2D eigenvalue weighted by Crippen LogP contribution is -2.39. The minimum Gasteiger partial charge on any atom is -0.357 e. The van der Waals surface area contributed by atoms with Gasteiger partial charge in [0, 0.05) is 39.1 Å². The zero-order valence-electron chi connectivity index (χ0n) is 14.7. The molecular weight excluding hydrogens is 417 g/mol. The van der Waals surface area contributed by atoms with Gasteiger partial charge in [-0.05, 0) is 31.9 Å². The number of rotatable bonds is 6. The molecular formula is C16H26IN7. The van der Waals surface area contributed by atoms with Crippen LogP contribution in [0.4, 0.5) is 0 Å². The van der Waals surface area contributed by atoms with Gasteiger partial charge in [-0.2, -0.15) is 5.10 Å². The normalized spacial score (nSPS) is 11.1. The van der Waals surface area contributed by atoms with E-state index in [4.69, 9.17) is 0 Å². The van der Waals surface area contributed by atoms with E-state index in [2.05, 4.69) is 43.3 Å². The van der Waals surface area contributed by atoms with Crippen molar-refractivity contribution in [1.82, 2.24) is 30.0 Å². The van der Waals surface area contributed by atoms with Crippen LogP contribution in [0.2, 0.25) is 0 Å². The Morgan fingerprint density at radius 2 is 2.12 bits per heavy atom. The van der Waals surface area contributed by atoms with Gasteiger partial charge in [0.25, 0.3) is 0 Å². The number of nitrogens with one attached hydrogen (secondary N) is 1. The topological polar surface area (TPSA) is 71.2 Å². The molecule has 2 aromatic rings. The standard InChI is InChI=1S/C16H25N7.HI/c1-5-17-16(22(3)11-15-20-12-21-23(15)4)18-9-8-14-7-6-13(2)19-10-14;/h6-7,10,12H,5,8-9,11H2,1-4H3,(H,17,18);1H. The summed E-state index contributed by atoms with van der Waals surface area (Å²) >= 11 is 0. The Balaban J connectivity index is 0.00000288. The van der Waals surface area contributed by atoms with Crippen molar-refractivity contribution >= 4 is 29.9 Å². The number of aryl methyl sites for hydroxylation is 2. The van der Waals surface area contributed by atoms with Gasteiger partial charge in [-0.15, -0.1) is 24.0 Å². The lowest BCUT2D eigenvalue weighted by molar-refractivity contribution is 0.448.